The summed E-state index contributed by atoms with van der Waals surface area (Å²) in [5.74, 6) is 0.423. The Hall–Kier alpha value is -3.51. The van der Waals surface area contributed by atoms with Gasteiger partial charge in [0.25, 0.3) is 0 Å². The third kappa shape index (κ3) is 3.49. The molecule has 2 saturated heterocycles. The first-order chi connectivity index (χ1) is 16.4. The van der Waals surface area contributed by atoms with Crippen LogP contribution in [0.15, 0.2) is 36.5 Å². The van der Waals surface area contributed by atoms with Gasteiger partial charge in [0, 0.05) is 37.6 Å². The predicted molar refractivity (Wildman–Crippen MR) is 125 cm³/mol. The van der Waals surface area contributed by atoms with Crippen LogP contribution in [-0.2, 0) is 19.7 Å². The average molecular weight is 461 g/mol. The van der Waals surface area contributed by atoms with E-state index in [-0.39, 0.29) is 23.7 Å². The molecule has 9 heteroatoms. The van der Waals surface area contributed by atoms with Gasteiger partial charge >= 0.3 is 0 Å². The van der Waals surface area contributed by atoms with E-state index in [2.05, 4.69) is 21.4 Å². The summed E-state index contributed by atoms with van der Waals surface area (Å²) in [4.78, 5) is 36.0. The molecule has 1 saturated carbocycles. The molecule has 2 amide bonds. The van der Waals surface area contributed by atoms with Gasteiger partial charge in [-0.05, 0) is 55.4 Å². The summed E-state index contributed by atoms with van der Waals surface area (Å²) in [7, 11) is 0. The number of hydrogen-bond donors (Lipinski definition) is 2. The lowest BCUT2D eigenvalue weighted by molar-refractivity contribution is -0.127. The maximum Gasteiger partial charge on any atom is 0.249 e. The van der Waals surface area contributed by atoms with Gasteiger partial charge in [-0.3, -0.25) is 14.5 Å². The second-order valence-corrected chi connectivity index (χ2v) is 9.57. The van der Waals surface area contributed by atoms with Crippen molar-refractivity contribution in [3.63, 3.8) is 0 Å². The first-order valence-corrected chi connectivity index (χ1v) is 11.7. The van der Waals surface area contributed by atoms with E-state index in [1.807, 2.05) is 31.2 Å². The lowest BCUT2D eigenvalue weighted by Gasteiger charge is -2.34. The normalized spacial score (nSPS) is 26.2. The third-order valence-corrected chi connectivity index (χ3v) is 7.67. The van der Waals surface area contributed by atoms with E-state index in [0.717, 1.165) is 24.1 Å². The molecule has 0 spiro atoms. The molecule has 0 unspecified atom stereocenters. The van der Waals surface area contributed by atoms with Gasteiger partial charge in [0.05, 0.1) is 11.5 Å². The van der Waals surface area contributed by atoms with Crippen molar-refractivity contribution in [1.29, 1.82) is 5.26 Å². The van der Waals surface area contributed by atoms with E-state index in [4.69, 9.17) is 10.5 Å². The SMILES string of the molecule is C[C@@H]1CN(c2ccnc(Nc3ccc(C4(C(N)=O)CCOCC4)cc3)n2)C(=O)[C@]1(C#N)C1CC1. The van der Waals surface area contributed by atoms with Crippen LogP contribution in [0.4, 0.5) is 17.5 Å². The molecule has 0 radical (unpaired) electrons. The molecule has 1 aliphatic carbocycles. The largest absolute Gasteiger partial charge is 0.381 e. The average Bonchev–Trinajstić information content (AvgIpc) is 3.66. The van der Waals surface area contributed by atoms with Crippen LogP contribution in [0.2, 0.25) is 0 Å². The zero-order valence-corrected chi connectivity index (χ0v) is 19.2. The van der Waals surface area contributed by atoms with Crippen molar-refractivity contribution in [2.24, 2.45) is 23.0 Å². The second kappa shape index (κ2) is 8.37. The Morgan fingerprint density at radius 1 is 1.24 bits per heavy atom. The Bertz CT molecular complexity index is 1150. The minimum absolute atomic E-state index is 0.0563. The van der Waals surface area contributed by atoms with Gasteiger partial charge < -0.3 is 15.8 Å². The molecular formula is C25H28N6O3. The lowest BCUT2D eigenvalue weighted by Crippen LogP contribution is -2.45. The van der Waals surface area contributed by atoms with E-state index >= 15 is 0 Å². The first kappa shape index (κ1) is 22.3. The number of ether oxygens (including phenoxy) is 1. The molecule has 3 fully saturated rings. The topological polar surface area (TPSA) is 134 Å². The summed E-state index contributed by atoms with van der Waals surface area (Å²) in [5.41, 5.74) is 5.72. The molecule has 3 N–H and O–H groups in total. The summed E-state index contributed by atoms with van der Waals surface area (Å²) in [6, 6.07) is 11.6. The number of hydrogen-bond acceptors (Lipinski definition) is 7. The van der Waals surface area contributed by atoms with E-state index in [0.29, 0.717) is 44.4 Å². The predicted octanol–water partition coefficient (Wildman–Crippen LogP) is 2.66. The van der Waals surface area contributed by atoms with Crippen molar-refractivity contribution in [2.75, 3.05) is 30.0 Å². The lowest BCUT2D eigenvalue weighted by atomic mass is 9.73. The number of anilines is 3. The Kier molecular flexibility index (Phi) is 5.48. The van der Waals surface area contributed by atoms with Gasteiger partial charge in [-0.2, -0.15) is 10.2 Å². The van der Waals surface area contributed by atoms with Crippen LogP contribution in [0.25, 0.3) is 0 Å². The maximum absolute atomic E-state index is 13.3. The third-order valence-electron chi connectivity index (χ3n) is 7.67. The zero-order chi connectivity index (χ0) is 23.9. The van der Waals surface area contributed by atoms with Crippen molar-refractivity contribution in [2.45, 2.75) is 38.0 Å². The number of nitrogens with one attached hydrogen (secondary N) is 1. The van der Waals surface area contributed by atoms with E-state index < -0.39 is 10.8 Å². The van der Waals surface area contributed by atoms with Gasteiger partial charge in [-0.1, -0.05) is 19.1 Å². The summed E-state index contributed by atoms with van der Waals surface area (Å²) < 4.78 is 5.42. The van der Waals surface area contributed by atoms with Crippen molar-refractivity contribution in [3.8, 4) is 6.07 Å². The van der Waals surface area contributed by atoms with E-state index in [1.54, 1.807) is 17.2 Å². The highest BCUT2D eigenvalue weighted by molar-refractivity contribution is 6.02. The molecular weight excluding hydrogens is 432 g/mol. The molecule has 3 aliphatic rings. The fraction of sp³-hybridized carbons (Fsp3) is 0.480. The molecule has 34 heavy (non-hydrogen) atoms. The van der Waals surface area contributed by atoms with Gasteiger partial charge in [0.15, 0.2) is 0 Å². The fourth-order valence-corrected chi connectivity index (χ4v) is 5.46. The van der Waals surface area contributed by atoms with Crippen molar-refractivity contribution in [3.05, 3.63) is 42.1 Å². The van der Waals surface area contributed by atoms with Crippen LogP contribution in [0.1, 0.15) is 38.2 Å². The van der Waals surface area contributed by atoms with Crippen molar-refractivity contribution in [1.82, 2.24) is 9.97 Å². The quantitative estimate of drug-likeness (QED) is 0.677. The Labute approximate surface area is 198 Å². The van der Waals surface area contributed by atoms with Gasteiger partial charge in [-0.15, -0.1) is 0 Å². The standard InChI is InChI=1S/C25H28N6O3/c1-16-14-31(22(33)25(16,15-26)18-2-3-18)20-8-11-28-23(30-20)29-19-6-4-17(5-7-19)24(21(27)32)9-12-34-13-10-24/h4-8,11,16,18H,2-3,9-10,12-14H2,1H3,(H2,27,32)(H,28,29,30)/t16-,25+/m1/s1. The summed E-state index contributed by atoms with van der Waals surface area (Å²) in [6.07, 6.45) is 4.58. The molecule has 2 aromatic rings. The number of nitrogens with two attached hydrogens (primary N) is 1. The number of carbonyl (C=O) groups excluding carboxylic acids is 2. The van der Waals surface area contributed by atoms with Crippen LogP contribution >= 0.6 is 0 Å². The first-order valence-electron chi connectivity index (χ1n) is 11.7. The number of rotatable bonds is 6. The number of carbonyl (C=O) groups is 2. The smallest absolute Gasteiger partial charge is 0.249 e. The monoisotopic (exact) mass is 460 g/mol. The summed E-state index contributed by atoms with van der Waals surface area (Å²) in [5, 5.41) is 13.0. The number of amides is 2. The number of aromatic nitrogens is 2. The minimum Gasteiger partial charge on any atom is -0.381 e. The highest BCUT2D eigenvalue weighted by Crippen LogP contribution is 2.54. The zero-order valence-electron chi connectivity index (χ0n) is 19.2. The Balaban J connectivity index is 1.35. The molecule has 5 rings (SSSR count). The molecule has 176 valence electrons. The van der Waals surface area contributed by atoms with Gasteiger partial charge in [-0.25, -0.2) is 4.98 Å². The second-order valence-electron chi connectivity index (χ2n) is 9.57. The molecule has 2 aliphatic heterocycles. The number of nitrogens with zero attached hydrogens (tertiary/aromatic N) is 4. The molecule has 0 bridgehead atoms. The van der Waals surface area contributed by atoms with Crippen LogP contribution in [0.3, 0.4) is 0 Å². The summed E-state index contributed by atoms with van der Waals surface area (Å²) in [6.45, 7) is 3.45. The number of primary amides is 1. The van der Waals surface area contributed by atoms with Gasteiger partial charge in [0.2, 0.25) is 17.8 Å². The van der Waals surface area contributed by atoms with Gasteiger partial charge in [0.1, 0.15) is 11.2 Å². The van der Waals surface area contributed by atoms with E-state index in [1.165, 1.54) is 0 Å². The minimum atomic E-state index is -0.949. The van der Waals surface area contributed by atoms with Crippen molar-refractivity contribution < 1.29 is 14.3 Å². The maximum atomic E-state index is 13.3. The molecule has 2 atom stereocenters. The number of nitriles is 1. The molecule has 1 aromatic heterocycles. The van der Waals surface area contributed by atoms with Crippen LogP contribution in [-0.4, -0.2) is 41.5 Å². The molecule has 3 heterocycles. The summed E-state index contributed by atoms with van der Waals surface area (Å²) >= 11 is 0. The molecule has 1 aromatic carbocycles. The highest BCUT2D eigenvalue weighted by atomic mass is 16.5. The Morgan fingerprint density at radius 2 is 1.94 bits per heavy atom. The Morgan fingerprint density at radius 3 is 2.56 bits per heavy atom. The van der Waals surface area contributed by atoms with Crippen molar-refractivity contribution >= 4 is 29.3 Å². The molecule has 9 nitrogen and oxygen atoms in total. The van der Waals surface area contributed by atoms with Crippen LogP contribution in [0, 0.1) is 28.6 Å². The van der Waals surface area contributed by atoms with Crippen LogP contribution in [0.5, 0.6) is 0 Å². The fourth-order valence-electron chi connectivity index (χ4n) is 5.46. The van der Waals surface area contributed by atoms with Crippen LogP contribution < -0.4 is 16.0 Å². The number of benzene rings is 1. The highest BCUT2D eigenvalue weighted by Gasteiger charge is 2.61. The van der Waals surface area contributed by atoms with E-state index in [9.17, 15) is 14.9 Å².